The van der Waals surface area contributed by atoms with E-state index < -0.39 is 0 Å². The van der Waals surface area contributed by atoms with Crippen LogP contribution in [0.3, 0.4) is 0 Å². The van der Waals surface area contributed by atoms with Gasteiger partial charge in [-0.15, -0.1) is 0 Å². The highest BCUT2D eigenvalue weighted by atomic mass is 33.1. The quantitative estimate of drug-likeness (QED) is 0.0493. The van der Waals surface area contributed by atoms with Crippen molar-refractivity contribution in [3.63, 3.8) is 0 Å². The van der Waals surface area contributed by atoms with Crippen LogP contribution in [0.1, 0.15) is 75.6 Å². The number of para-hydroxylation sites is 2. The third-order valence-electron chi connectivity index (χ3n) is 12.3. The van der Waals surface area contributed by atoms with Gasteiger partial charge in [0.2, 0.25) is 5.91 Å². The highest BCUT2D eigenvalue weighted by Gasteiger charge is 2.39. The molecule has 5 aromatic carbocycles. The lowest BCUT2D eigenvalue weighted by Gasteiger charge is -2.22. The lowest BCUT2D eigenvalue weighted by molar-refractivity contribution is -0.116. The van der Waals surface area contributed by atoms with Gasteiger partial charge in [-0.1, -0.05) is 64.9 Å². The Labute approximate surface area is 399 Å². The summed E-state index contributed by atoms with van der Waals surface area (Å²) < 4.78 is 24.5. The number of methoxy groups -OCH3 is 2. The summed E-state index contributed by atoms with van der Waals surface area (Å²) >= 11 is 0. The number of ether oxygens (including phenoxy) is 4. The number of aliphatic imine (C=N–C) groups is 1. The number of hydrogen-bond acceptors (Lipinski definition) is 12. The third kappa shape index (κ3) is 10.0. The van der Waals surface area contributed by atoms with Gasteiger partial charge in [0, 0.05) is 65.8 Å². The number of carbonyl (C=O) groups is 4. The average molecular weight is 936 g/mol. The molecule has 4 aliphatic heterocycles. The van der Waals surface area contributed by atoms with Crippen molar-refractivity contribution in [3.8, 4) is 23.0 Å². The molecule has 0 spiro atoms. The summed E-state index contributed by atoms with van der Waals surface area (Å²) in [6, 6.07) is 28.3. The van der Waals surface area contributed by atoms with Crippen molar-refractivity contribution in [2.75, 3.05) is 47.0 Å². The van der Waals surface area contributed by atoms with Crippen molar-refractivity contribution in [1.29, 1.82) is 0 Å². The molecule has 3 amide bonds. The van der Waals surface area contributed by atoms with Crippen molar-refractivity contribution in [1.82, 2.24) is 0 Å². The minimum absolute atomic E-state index is 0.0245. The molecule has 3 atom stereocenters. The second-order valence-electron chi connectivity index (χ2n) is 17.0. The van der Waals surface area contributed by atoms with Gasteiger partial charge in [0.25, 0.3) is 11.8 Å². The first-order chi connectivity index (χ1) is 32.6. The van der Waals surface area contributed by atoms with Gasteiger partial charge in [-0.2, -0.15) is 0 Å². The topological polar surface area (TPSA) is 148 Å². The van der Waals surface area contributed by atoms with Crippen LogP contribution in [0.15, 0.2) is 96.0 Å². The normalized spacial score (nSPS) is 16.8. The lowest BCUT2D eigenvalue weighted by Crippen LogP contribution is -2.39. The molecular formula is C51H50BN5O8S2. The number of hydrogen-bond donors (Lipinski definition) is 2. The van der Waals surface area contributed by atoms with Gasteiger partial charge in [0.05, 0.1) is 54.5 Å². The second kappa shape index (κ2) is 20.2. The number of carbonyl (C=O) groups excluding carboxylic acids is 4. The Morgan fingerprint density at radius 3 is 2.15 bits per heavy atom. The van der Waals surface area contributed by atoms with Crippen LogP contribution in [0.25, 0.3) is 0 Å². The van der Waals surface area contributed by atoms with Crippen molar-refractivity contribution in [2.24, 2.45) is 4.99 Å². The molecule has 0 bridgehead atoms. The summed E-state index contributed by atoms with van der Waals surface area (Å²) in [7, 11) is 11.7. The highest BCUT2D eigenvalue weighted by Crippen LogP contribution is 2.43. The van der Waals surface area contributed by atoms with E-state index >= 15 is 0 Å². The number of nitrogens with zero attached hydrogens (tertiary/aromatic N) is 3. The van der Waals surface area contributed by atoms with Gasteiger partial charge in [0.15, 0.2) is 30.8 Å². The van der Waals surface area contributed by atoms with Gasteiger partial charge in [-0.25, -0.2) is 0 Å². The summed E-state index contributed by atoms with van der Waals surface area (Å²) in [5, 5.41) is 6.79. The summed E-state index contributed by atoms with van der Waals surface area (Å²) in [5.74, 6) is 2.05. The summed E-state index contributed by atoms with van der Waals surface area (Å²) in [4.78, 5) is 61.0. The molecule has 342 valence electrons. The molecule has 2 unspecified atom stereocenters. The first-order valence-electron chi connectivity index (χ1n) is 22.4. The first kappa shape index (κ1) is 45.8. The monoisotopic (exact) mass is 935 g/mol. The van der Waals surface area contributed by atoms with E-state index in [1.54, 1.807) is 51.8 Å². The number of nitrogens with one attached hydrogen (secondary N) is 2. The maximum Gasteiger partial charge on any atom is 0.261 e. The van der Waals surface area contributed by atoms with E-state index in [-0.39, 0.29) is 54.0 Å². The standard InChI is InChI=1S/C51H50BN5O8S2/c1-30(67-66-16-8-13-48(52)58)14-15-49(59)55-35-18-31(28-64-46-24-40-38(22-44(46)62-2)50(60)56-36(26-53-40)20-33-9-4-6-11-42(33)56)17-32(19-35)29-65-47-25-41-39(23-45(47)63-3)51(61)57-37(27-54-41)21-34-10-5-7-12-43(34)57/h4-7,9-12,17-19,22-26,30,36-37,54H,8,13-16,20-21,27-29H2,1-3H3,(H,55,59)/t30?,36-,37?/m0/s1. The van der Waals surface area contributed by atoms with Crippen LogP contribution in [-0.2, 0) is 35.6 Å². The van der Waals surface area contributed by atoms with E-state index in [1.165, 1.54) is 7.11 Å². The molecule has 2 N–H and O–H groups in total. The number of fused-ring (bicyclic) bond motifs is 8. The maximum absolute atomic E-state index is 14.1. The zero-order valence-corrected chi connectivity index (χ0v) is 39.2. The molecule has 67 heavy (non-hydrogen) atoms. The molecule has 13 nitrogen and oxygen atoms in total. The number of rotatable bonds is 18. The number of anilines is 4. The van der Waals surface area contributed by atoms with Crippen LogP contribution in [0.5, 0.6) is 23.0 Å². The summed E-state index contributed by atoms with van der Waals surface area (Å²) in [5.41, 5.74) is 7.85. The molecule has 4 heterocycles. The smallest absolute Gasteiger partial charge is 0.261 e. The Morgan fingerprint density at radius 1 is 0.806 bits per heavy atom. The molecule has 5 aromatic rings. The lowest BCUT2D eigenvalue weighted by atomic mass is 9.99. The molecule has 0 saturated heterocycles. The van der Waals surface area contributed by atoms with Crippen molar-refractivity contribution in [2.45, 2.75) is 76.0 Å². The van der Waals surface area contributed by atoms with Crippen LogP contribution in [0.2, 0.25) is 0 Å². The van der Waals surface area contributed by atoms with Gasteiger partial charge in [-0.3, -0.25) is 24.3 Å². The van der Waals surface area contributed by atoms with Crippen LogP contribution in [0, 0.1) is 0 Å². The summed E-state index contributed by atoms with van der Waals surface area (Å²) in [6.45, 7) is 2.84. The predicted molar refractivity (Wildman–Crippen MR) is 267 cm³/mol. The fourth-order valence-corrected chi connectivity index (χ4v) is 11.4. The van der Waals surface area contributed by atoms with Crippen LogP contribution < -0.4 is 39.4 Å². The Balaban J connectivity index is 0.935. The number of benzene rings is 5. The maximum atomic E-state index is 14.1. The van der Waals surface area contributed by atoms with E-state index in [9.17, 15) is 19.2 Å². The fraction of sp³-hybridized carbons (Fsp3) is 0.314. The predicted octanol–water partition coefficient (Wildman–Crippen LogP) is 9.11. The first-order valence-corrected chi connectivity index (χ1v) is 24.7. The van der Waals surface area contributed by atoms with E-state index in [2.05, 4.69) is 23.6 Å². The molecule has 0 aliphatic carbocycles. The Hall–Kier alpha value is -6.39. The van der Waals surface area contributed by atoms with E-state index in [0.717, 1.165) is 52.2 Å². The third-order valence-corrected chi connectivity index (χ3v) is 15.3. The molecular weight excluding hydrogens is 886 g/mol. The van der Waals surface area contributed by atoms with E-state index in [0.29, 0.717) is 83.4 Å². The van der Waals surface area contributed by atoms with E-state index in [1.807, 2.05) is 77.8 Å². The SMILES string of the molecule is [B]C(=O)CCCSSC(C)CCC(=O)Nc1cc(COc2cc3c(cc2OC)C(=O)N2c4ccccc4C[C@H]2C=N3)cc(COc2cc3c(cc2OC)C(=O)N2c4ccccc4CC2CN3)c1. The van der Waals surface area contributed by atoms with Crippen LogP contribution in [-0.4, -0.2) is 81.3 Å². The zero-order valence-electron chi connectivity index (χ0n) is 37.5. The largest absolute Gasteiger partial charge is 0.493 e. The van der Waals surface area contributed by atoms with Crippen molar-refractivity contribution >= 4 is 87.5 Å². The molecule has 0 aromatic heterocycles. The molecule has 0 fully saturated rings. The van der Waals surface area contributed by atoms with Gasteiger partial charge in [-0.05, 0) is 90.4 Å². The average Bonchev–Trinajstić information content (AvgIpc) is 3.82. The minimum Gasteiger partial charge on any atom is -0.493 e. The highest BCUT2D eigenvalue weighted by molar-refractivity contribution is 8.76. The van der Waals surface area contributed by atoms with Gasteiger partial charge in [0.1, 0.15) is 13.2 Å². The second-order valence-corrected chi connectivity index (χ2v) is 19.9. The molecule has 0 saturated carbocycles. The van der Waals surface area contributed by atoms with Crippen LogP contribution in [0.4, 0.5) is 28.4 Å². The molecule has 2 radical (unpaired) electrons. The van der Waals surface area contributed by atoms with Crippen molar-refractivity contribution < 1.29 is 38.1 Å². The Morgan fingerprint density at radius 2 is 1.45 bits per heavy atom. The van der Waals surface area contributed by atoms with Crippen LogP contribution >= 0.6 is 21.6 Å². The molecule has 4 aliphatic rings. The van der Waals surface area contributed by atoms with Gasteiger partial charge >= 0.3 is 0 Å². The Kier molecular flexibility index (Phi) is 13.8. The minimum atomic E-state index is -0.301. The summed E-state index contributed by atoms with van der Waals surface area (Å²) in [6.07, 6.45) is 5.31. The Bertz CT molecular complexity index is 2770. The zero-order chi connectivity index (χ0) is 46.6. The van der Waals surface area contributed by atoms with Gasteiger partial charge < -0.3 is 39.3 Å². The van der Waals surface area contributed by atoms with E-state index in [4.69, 9.17) is 31.8 Å². The fourth-order valence-electron chi connectivity index (χ4n) is 9.00. The van der Waals surface area contributed by atoms with Crippen molar-refractivity contribution in [3.05, 3.63) is 124 Å². The molecule has 16 heteroatoms. The number of amides is 3. The molecule has 9 rings (SSSR count).